The van der Waals surface area contributed by atoms with Crippen molar-refractivity contribution in [1.82, 2.24) is 20.1 Å². The lowest BCUT2D eigenvalue weighted by Crippen LogP contribution is -2.35. The van der Waals surface area contributed by atoms with Gasteiger partial charge in [-0.1, -0.05) is 12.1 Å². The Morgan fingerprint density at radius 1 is 1.24 bits per heavy atom. The van der Waals surface area contributed by atoms with Crippen molar-refractivity contribution < 1.29 is 9.47 Å². The summed E-state index contributed by atoms with van der Waals surface area (Å²) >= 11 is 0. The predicted molar refractivity (Wildman–Crippen MR) is 78.3 cm³/mol. The van der Waals surface area contributed by atoms with Crippen LogP contribution < -0.4 is 4.74 Å². The standard InChI is InChI=1S/C15H20N4O2/c1-20-13-4-2-12(3-5-13)10-14-16-15(18-17-14)11-19-6-8-21-9-7-19/h2-5H,6-11H2,1H3,(H,16,17,18). The SMILES string of the molecule is COc1ccc(Cc2nc(CN3CCOCC3)n[nH]2)cc1. The van der Waals surface area contributed by atoms with Crippen LogP contribution in [0.3, 0.4) is 0 Å². The van der Waals surface area contributed by atoms with Crippen molar-refractivity contribution in [1.29, 1.82) is 0 Å². The lowest BCUT2D eigenvalue weighted by atomic mass is 10.1. The molecule has 6 nitrogen and oxygen atoms in total. The van der Waals surface area contributed by atoms with Gasteiger partial charge in [0, 0.05) is 19.5 Å². The summed E-state index contributed by atoms with van der Waals surface area (Å²) in [4.78, 5) is 6.87. The Balaban J connectivity index is 1.58. The van der Waals surface area contributed by atoms with Crippen LogP contribution in [0.5, 0.6) is 5.75 Å². The van der Waals surface area contributed by atoms with Crippen molar-refractivity contribution in [3.63, 3.8) is 0 Å². The van der Waals surface area contributed by atoms with E-state index in [2.05, 4.69) is 20.1 Å². The van der Waals surface area contributed by atoms with Gasteiger partial charge >= 0.3 is 0 Å². The largest absolute Gasteiger partial charge is 0.497 e. The third-order valence-corrected chi connectivity index (χ3v) is 3.58. The van der Waals surface area contributed by atoms with Gasteiger partial charge in [-0.15, -0.1) is 0 Å². The Bertz CT molecular complexity index is 561. The molecule has 0 aliphatic carbocycles. The van der Waals surface area contributed by atoms with Crippen LogP contribution in [0.2, 0.25) is 0 Å². The number of rotatable bonds is 5. The molecule has 1 aromatic heterocycles. The van der Waals surface area contributed by atoms with Crippen LogP contribution in [0, 0.1) is 0 Å². The summed E-state index contributed by atoms with van der Waals surface area (Å²) in [7, 11) is 1.67. The van der Waals surface area contributed by atoms with Crippen molar-refractivity contribution >= 4 is 0 Å². The number of methoxy groups -OCH3 is 1. The van der Waals surface area contributed by atoms with Crippen LogP contribution in [0.1, 0.15) is 17.2 Å². The summed E-state index contributed by atoms with van der Waals surface area (Å²) in [6.45, 7) is 4.26. The van der Waals surface area contributed by atoms with Crippen molar-refractivity contribution in [2.24, 2.45) is 0 Å². The lowest BCUT2D eigenvalue weighted by Gasteiger charge is -2.25. The molecular formula is C15H20N4O2. The number of ether oxygens (including phenoxy) is 2. The van der Waals surface area contributed by atoms with E-state index >= 15 is 0 Å². The molecule has 112 valence electrons. The maximum atomic E-state index is 5.34. The molecule has 2 heterocycles. The van der Waals surface area contributed by atoms with Gasteiger partial charge in [-0.2, -0.15) is 5.10 Å². The molecular weight excluding hydrogens is 268 g/mol. The normalized spacial score (nSPS) is 16.0. The van der Waals surface area contributed by atoms with E-state index in [4.69, 9.17) is 9.47 Å². The van der Waals surface area contributed by atoms with Crippen LogP contribution in [-0.4, -0.2) is 53.5 Å². The fourth-order valence-electron chi connectivity index (χ4n) is 2.38. The molecule has 0 saturated carbocycles. The third kappa shape index (κ3) is 3.80. The van der Waals surface area contributed by atoms with E-state index in [0.29, 0.717) is 0 Å². The van der Waals surface area contributed by atoms with Crippen LogP contribution in [0.4, 0.5) is 0 Å². The molecule has 0 spiro atoms. The monoisotopic (exact) mass is 288 g/mol. The number of aromatic amines is 1. The fourth-order valence-corrected chi connectivity index (χ4v) is 2.38. The van der Waals surface area contributed by atoms with Gasteiger partial charge in [-0.3, -0.25) is 10.00 Å². The molecule has 1 aromatic carbocycles. The molecule has 6 heteroatoms. The number of hydrogen-bond donors (Lipinski definition) is 1. The van der Waals surface area contributed by atoms with E-state index in [1.165, 1.54) is 5.56 Å². The first kappa shape index (κ1) is 14.0. The molecule has 0 radical (unpaired) electrons. The second kappa shape index (κ2) is 6.69. The maximum absolute atomic E-state index is 5.34. The van der Waals surface area contributed by atoms with Gasteiger partial charge in [0.2, 0.25) is 0 Å². The first-order valence-corrected chi connectivity index (χ1v) is 7.16. The van der Waals surface area contributed by atoms with Gasteiger partial charge in [-0.05, 0) is 17.7 Å². The predicted octanol–water partition coefficient (Wildman–Crippen LogP) is 1.24. The summed E-state index contributed by atoms with van der Waals surface area (Å²) < 4.78 is 10.5. The van der Waals surface area contributed by atoms with E-state index in [-0.39, 0.29) is 0 Å². The van der Waals surface area contributed by atoms with Gasteiger partial charge in [0.1, 0.15) is 11.6 Å². The highest BCUT2D eigenvalue weighted by atomic mass is 16.5. The van der Waals surface area contributed by atoms with Gasteiger partial charge in [-0.25, -0.2) is 4.98 Å². The molecule has 0 unspecified atom stereocenters. The van der Waals surface area contributed by atoms with Gasteiger partial charge in [0.05, 0.1) is 26.9 Å². The summed E-state index contributed by atoms with van der Waals surface area (Å²) in [6.07, 6.45) is 0.750. The molecule has 3 rings (SSSR count). The first-order chi connectivity index (χ1) is 10.3. The topological polar surface area (TPSA) is 63.3 Å². The van der Waals surface area contributed by atoms with Gasteiger partial charge in [0.15, 0.2) is 5.82 Å². The number of nitrogens with one attached hydrogen (secondary N) is 1. The first-order valence-electron chi connectivity index (χ1n) is 7.16. The molecule has 1 aliphatic rings. The van der Waals surface area contributed by atoms with E-state index in [1.54, 1.807) is 7.11 Å². The Labute approximate surface area is 124 Å². The molecule has 1 fully saturated rings. The minimum absolute atomic E-state index is 0.750. The zero-order valence-corrected chi connectivity index (χ0v) is 12.2. The van der Waals surface area contributed by atoms with Crippen LogP contribution in [0.15, 0.2) is 24.3 Å². The number of aromatic nitrogens is 3. The van der Waals surface area contributed by atoms with E-state index < -0.39 is 0 Å². The van der Waals surface area contributed by atoms with Crippen molar-refractivity contribution in [2.45, 2.75) is 13.0 Å². The summed E-state index contributed by atoms with van der Waals surface area (Å²) in [6, 6.07) is 8.01. The smallest absolute Gasteiger partial charge is 0.164 e. The minimum Gasteiger partial charge on any atom is -0.497 e. The Morgan fingerprint density at radius 3 is 2.71 bits per heavy atom. The molecule has 21 heavy (non-hydrogen) atoms. The highest BCUT2D eigenvalue weighted by Gasteiger charge is 2.13. The van der Waals surface area contributed by atoms with Crippen LogP contribution >= 0.6 is 0 Å². The fraction of sp³-hybridized carbons (Fsp3) is 0.467. The van der Waals surface area contributed by atoms with E-state index in [1.807, 2.05) is 24.3 Å². The van der Waals surface area contributed by atoms with Gasteiger partial charge in [0.25, 0.3) is 0 Å². The number of nitrogens with zero attached hydrogens (tertiary/aromatic N) is 3. The molecule has 0 bridgehead atoms. The Hall–Kier alpha value is -1.92. The van der Waals surface area contributed by atoms with E-state index in [0.717, 1.165) is 56.7 Å². The van der Waals surface area contributed by atoms with Crippen LogP contribution in [0.25, 0.3) is 0 Å². The minimum atomic E-state index is 0.750. The highest BCUT2D eigenvalue weighted by Crippen LogP contribution is 2.13. The zero-order chi connectivity index (χ0) is 14.5. The quantitative estimate of drug-likeness (QED) is 0.896. The Kier molecular flexibility index (Phi) is 4.47. The summed E-state index contributed by atoms with van der Waals surface area (Å²) in [5, 5.41) is 7.32. The average Bonchev–Trinajstić information content (AvgIpc) is 2.96. The molecule has 0 atom stereocenters. The van der Waals surface area contributed by atoms with Crippen molar-refractivity contribution in [2.75, 3.05) is 33.4 Å². The summed E-state index contributed by atoms with van der Waals surface area (Å²) in [5.74, 6) is 2.60. The Morgan fingerprint density at radius 2 is 2.00 bits per heavy atom. The second-order valence-corrected chi connectivity index (χ2v) is 5.11. The average molecular weight is 288 g/mol. The summed E-state index contributed by atoms with van der Waals surface area (Å²) in [5.41, 5.74) is 1.19. The number of benzene rings is 1. The van der Waals surface area contributed by atoms with Crippen LogP contribution in [-0.2, 0) is 17.7 Å². The van der Waals surface area contributed by atoms with Gasteiger partial charge < -0.3 is 9.47 Å². The lowest BCUT2D eigenvalue weighted by molar-refractivity contribution is 0.0331. The van der Waals surface area contributed by atoms with Crippen molar-refractivity contribution in [3.05, 3.63) is 41.5 Å². The second-order valence-electron chi connectivity index (χ2n) is 5.11. The van der Waals surface area contributed by atoms with E-state index in [9.17, 15) is 0 Å². The molecule has 1 aliphatic heterocycles. The number of hydrogen-bond acceptors (Lipinski definition) is 5. The zero-order valence-electron chi connectivity index (χ0n) is 12.2. The molecule has 1 N–H and O–H groups in total. The van der Waals surface area contributed by atoms with Crippen molar-refractivity contribution in [3.8, 4) is 5.75 Å². The molecule has 1 saturated heterocycles. The highest BCUT2D eigenvalue weighted by molar-refractivity contribution is 5.28. The molecule has 2 aromatic rings. The third-order valence-electron chi connectivity index (χ3n) is 3.58. The molecule has 0 amide bonds. The number of H-pyrrole nitrogens is 1. The maximum Gasteiger partial charge on any atom is 0.164 e. The number of morpholine rings is 1.